The Morgan fingerprint density at radius 3 is 2.77 bits per heavy atom. The lowest BCUT2D eigenvalue weighted by atomic mass is 9.86. The average Bonchev–Trinajstić information content (AvgIpc) is 3.17. The van der Waals surface area contributed by atoms with Crippen LogP contribution in [0.25, 0.3) is 10.9 Å². The van der Waals surface area contributed by atoms with E-state index in [0.717, 1.165) is 46.3 Å². The number of carbonyl (C=O) groups excluding carboxylic acids is 2. The molecular formula is C25H27N3O3. The number of amides is 2. The van der Waals surface area contributed by atoms with E-state index in [9.17, 15) is 9.59 Å². The summed E-state index contributed by atoms with van der Waals surface area (Å²) in [6.07, 6.45) is 2.43. The first-order chi connectivity index (χ1) is 15.1. The molecule has 0 saturated carbocycles. The molecular weight excluding hydrogens is 390 g/mol. The lowest BCUT2D eigenvalue weighted by Gasteiger charge is -2.47. The number of para-hydroxylation sites is 1. The highest BCUT2D eigenvalue weighted by atomic mass is 16.5. The number of ether oxygens (including phenoxy) is 1. The van der Waals surface area contributed by atoms with Crippen molar-refractivity contribution in [3.63, 3.8) is 0 Å². The number of aromatic amines is 1. The number of piperazine rings is 1. The number of rotatable bonds is 5. The van der Waals surface area contributed by atoms with Gasteiger partial charge in [-0.05, 0) is 35.7 Å². The molecule has 1 N–H and O–H groups in total. The second kappa shape index (κ2) is 7.76. The van der Waals surface area contributed by atoms with Crippen molar-refractivity contribution < 1.29 is 14.3 Å². The van der Waals surface area contributed by atoms with E-state index in [1.165, 1.54) is 0 Å². The largest absolute Gasteiger partial charge is 0.497 e. The van der Waals surface area contributed by atoms with Gasteiger partial charge in [-0.3, -0.25) is 9.59 Å². The van der Waals surface area contributed by atoms with E-state index in [-0.39, 0.29) is 24.4 Å². The number of benzene rings is 2. The number of nitrogens with one attached hydrogen (secondary N) is 1. The molecule has 160 valence electrons. The fourth-order valence-electron chi connectivity index (χ4n) is 5.02. The van der Waals surface area contributed by atoms with Crippen molar-refractivity contribution in [3.05, 3.63) is 65.4 Å². The smallest absolute Gasteiger partial charge is 0.246 e. The summed E-state index contributed by atoms with van der Waals surface area (Å²) < 4.78 is 5.45. The first-order valence-corrected chi connectivity index (χ1v) is 11.0. The Morgan fingerprint density at radius 2 is 1.97 bits per heavy atom. The molecule has 1 aromatic heterocycles. The first kappa shape index (κ1) is 19.7. The van der Waals surface area contributed by atoms with E-state index in [2.05, 4.69) is 18.0 Å². The van der Waals surface area contributed by atoms with Gasteiger partial charge in [-0.1, -0.05) is 43.7 Å². The summed E-state index contributed by atoms with van der Waals surface area (Å²) in [4.78, 5) is 34.0. The minimum atomic E-state index is -0.485. The Morgan fingerprint density at radius 1 is 1.13 bits per heavy atom. The van der Waals surface area contributed by atoms with Gasteiger partial charge in [0.1, 0.15) is 11.8 Å². The lowest BCUT2D eigenvalue weighted by Crippen LogP contribution is -2.63. The predicted octanol–water partition coefficient (Wildman–Crippen LogP) is 3.66. The van der Waals surface area contributed by atoms with Gasteiger partial charge in [-0.15, -0.1) is 0 Å². The zero-order chi connectivity index (χ0) is 21.5. The summed E-state index contributed by atoms with van der Waals surface area (Å²) in [5.41, 5.74) is 4.10. The number of nitrogens with zero attached hydrogens (tertiary/aromatic N) is 2. The van der Waals surface area contributed by atoms with Crippen LogP contribution in [-0.4, -0.2) is 52.8 Å². The van der Waals surface area contributed by atoms with Gasteiger partial charge in [0.25, 0.3) is 0 Å². The molecule has 1 unspecified atom stereocenters. The summed E-state index contributed by atoms with van der Waals surface area (Å²) in [7, 11) is 1.64. The number of carbonyl (C=O) groups is 2. The van der Waals surface area contributed by atoms with E-state index >= 15 is 0 Å². The minimum absolute atomic E-state index is 0.00201. The highest BCUT2D eigenvalue weighted by Crippen LogP contribution is 2.43. The maximum absolute atomic E-state index is 13.5. The highest BCUT2D eigenvalue weighted by molar-refractivity contribution is 5.97. The Kier molecular flexibility index (Phi) is 4.93. The van der Waals surface area contributed by atoms with Gasteiger partial charge in [-0.2, -0.15) is 0 Å². The minimum Gasteiger partial charge on any atom is -0.497 e. The fourth-order valence-corrected chi connectivity index (χ4v) is 5.02. The van der Waals surface area contributed by atoms with E-state index in [4.69, 9.17) is 4.74 Å². The number of methoxy groups -OCH3 is 1. The molecule has 3 aromatic rings. The third-order valence-electron chi connectivity index (χ3n) is 6.53. The summed E-state index contributed by atoms with van der Waals surface area (Å²) in [5.74, 6) is 0.785. The molecule has 0 aliphatic carbocycles. The van der Waals surface area contributed by atoms with E-state index in [0.29, 0.717) is 13.0 Å². The number of aromatic nitrogens is 1. The molecule has 0 spiro atoms. The van der Waals surface area contributed by atoms with Crippen LogP contribution in [0.1, 0.15) is 42.6 Å². The van der Waals surface area contributed by atoms with Gasteiger partial charge in [0.15, 0.2) is 0 Å². The molecule has 0 radical (unpaired) electrons. The normalized spacial score (nSPS) is 20.7. The Bertz CT molecular complexity index is 1150. The van der Waals surface area contributed by atoms with Crippen molar-refractivity contribution in [3.8, 4) is 5.75 Å². The van der Waals surface area contributed by atoms with Gasteiger partial charge in [0, 0.05) is 29.6 Å². The van der Waals surface area contributed by atoms with Crippen LogP contribution in [-0.2, 0) is 16.0 Å². The monoisotopic (exact) mass is 417 g/mol. The maximum atomic E-state index is 13.5. The van der Waals surface area contributed by atoms with Crippen molar-refractivity contribution in [1.82, 2.24) is 14.8 Å². The Balaban J connectivity index is 1.67. The van der Waals surface area contributed by atoms with Crippen LogP contribution >= 0.6 is 0 Å². The Labute approximate surface area is 181 Å². The molecule has 5 rings (SSSR count). The molecule has 2 aromatic carbocycles. The molecule has 1 fully saturated rings. The van der Waals surface area contributed by atoms with Crippen molar-refractivity contribution in [2.75, 3.05) is 20.2 Å². The molecule has 2 aliphatic heterocycles. The molecule has 2 atom stereocenters. The Hall–Kier alpha value is -3.28. The quantitative estimate of drug-likeness (QED) is 0.689. The van der Waals surface area contributed by atoms with Crippen LogP contribution in [0.2, 0.25) is 0 Å². The molecule has 3 heterocycles. The number of H-pyrrole nitrogens is 1. The number of fused-ring (bicyclic) bond motifs is 4. The van der Waals surface area contributed by atoms with Gasteiger partial charge in [0.05, 0.1) is 19.7 Å². The molecule has 2 amide bonds. The second-order valence-corrected chi connectivity index (χ2v) is 8.38. The maximum Gasteiger partial charge on any atom is 0.246 e. The molecule has 31 heavy (non-hydrogen) atoms. The lowest BCUT2D eigenvalue weighted by molar-refractivity contribution is -0.158. The van der Waals surface area contributed by atoms with Crippen LogP contribution in [0.5, 0.6) is 5.75 Å². The van der Waals surface area contributed by atoms with Gasteiger partial charge in [-0.25, -0.2) is 0 Å². The van der Waals surface area contributed by atoms with Gasteiger partial charge >= 0.3 is 0 Å². The third-order valence-corrected chi connectivity index (χ3v) is 6.53. The molecule has 1 saturated heterocycles. The number of hydrogen-bond acceptors (Lipinski definition) is 3. The van der Waals surface area contributed by atoms with Gasteiger partial charge < -0.3 is 19.5 Å². The van der Waals surface area contributed by atoms with Crippen LogP contribution in [0.15, 0.2) is 48.5 Å². The van der Waals surface area contributed by atoms with Crippen molar-refractivity contribution in [2.45, 2.75) is 38.3 Å². The van der Waals surface area contributed by atoms with Crippen LogP contribution in [0.3, 0.4) is 0 Å². The number of unbranched alkanes of at least 4 members (excludes halogenated alkanes) is 1. The molecule has 2 aliphatic rings. The highest BCUT2D eigenvalue weighted by Gasteiger charge is 2.48. The summed E-state index contributed by atoms with van der Waals surface area (Å²) in [5, 5.41) is 1.12. The van der Waals surface area contributed by atoms with Crippen molar-refractivity contribution >= 4 is 22.7 Å². The molecule has 0 bridgehead atoms. The van der Waals surface area contributed by atoms with Crippen LogP contribution in [0.4, 0.5) is 0 Å². The SMILES string of the molecule is CCCCN1CC(=O)N2C(c3cccc(OC)c3)c3[nH]c4ccccc4c3C[C@H]2C1=O. The van der Waals surface area contributed by atoms with Crippen LogP contribution in [0, 0.1) is 0 Å². The van der Waals surface area contributed by atoms with Gasteiger partial charge in [0.2, 0.25) is 11.8 Å². The summed E-state index contributed by atoms with van der Waals surface area (Å²) in [6.45, 7) is 2.88. The van der Waals surface area contributed by atoms with E-state index < -0.39 is 6.04 Å². The average molecular weight is 418 g/mol. The van der Waals surface area contributed by atoms with Crippen molar-refractivity contribution in [1.29, 1.82) is 0 Å². The van der Waals surface area contributed by atoms with E-state index in [1.807, 2.05) is 42.5 Å². The predicted molar refractivity (Wildman–Crippen MR) is 119 cm³/mol. The standard InChI is InChI=1S/C25H27N3O3/c1-3-4-12-27-15-22(29)28-21(25(27)30)14-19-18-10-5-6-11-20(18)26-23(19)24(28)16-8-7-9-17(13-16)31-2/h5-11,13,21,24,26H,3-4,12,14-15H2,1-2H3/t21-,24?/m0/s1. The molecule has 6 heteroatoms. The summed E-state index contributed by atoms with van der Waals surface area (Å²) >= 11 is 0. The second-order valence-electron chi connectivity index (χ2n) is 8.38. The topological polar surface area (TPSA) is 65.6 Å². The zero-order valence-corrected chi connectivity index (χ0v) is 17.9. The van der Waals surface area contributed by atoms with E-state index in [1.54, 1.807) is 16.9 Å². The first-order valence-electron chi connectivity index (χ1n) is 11.0. The number of hydrogen-bond donors (Lipinski definition) is 1. The zero-order valence-electron chi connectivity index (χ0n) is 17.9. The molecule has 6 nitrogen and oxygen atoms in total. The van der Waals surface area contributed by atoms with Crippen molar-refractivity contribution in [2.24, 2.45) is 0 Å². The third kappa shape index (κ3) is 3.17. The van der Waals surface area contributed by atoms with Crippen LogP contribution < -0.4 is 4.74 Å². The fraction of sp³-hybridized carbons (Fsp3) is 0.360. The summed E-state index contributed by atoms with van der Waals surface area (Å²) in [6, 6.07) is 15.1.